The molecule has 0 fully saturated rings. The van der Waals surface area contributed by atoms with E-state index in [1.54, 1.807) is 38.3 Å². The number of rotatable bonds is 9. The molecular weight excluding hydrogens is 392 g/mol. The third-order valence-corrected chi connectivity index (χ3v) is 4.51. The van der Waals surface area contributed by atoms with Gasteiger partial charge in [-0.2, -0.15) is 0 Å². The Labute approximate surface area is 176 Å². The molecule has 0 spiro atoms. The molecule has 2 aromatic rings. The summed E-state index contributed by atoms with van der Waals surface area (Å²) >= 11 is 5.87. The first kappa shape index (κ1) is 22.6. The van der Waals surface area contributed by atoms with Crippen molar-refractivity contribution in [3.8, 4) is 11.5 Å². The predicted molar refractivity (Wildman–Crippen MR) is 113 cm³/mol. The molecule has 6 nitrogen and oxygen atoms in total. The smallest absolute Gasteiger partial charge is 0.261 e. The van der Waals surface area contributed by atoms with E-state index in [-0.39, 0.29) is 31.0 Å². The van der Waals surface area contributed by atoms with Gasteiger partial charge >= 0.3 is 0 Å². The van der Waals surface area contributed by atoms with Crippen molar-refractivity contribution in [3.63, 3.8) is 0 Å². The lowest BCUT2D eigenvalue weighted by molar-refractivity contribution is -0.142. The fourth-order valence-corrected chi connectivity index (χ4v) is 2.84. The number of methoxy groups -OCH3 is 1. The van der Waals surface area contributed by atoms with Gasteiger partial charge in [-0.15, -0.1) is 0 Å². The van der Waals surface area contributed by atoms with Gasteiger partial charge in [0.1, 0.15) is 17.5 Å². The molecule has 0 aliphatic carbocycles. The molecule has 0 aliphatic rings. The van der Waals surface area contributed by atoms with Crippen LogP contribution in [0.3, 0.4) is 0 Å². The fraction of sp³-hybridized carbons (Fsp3) is 0.364. The molecule has 156 valence electrons. The lowest BCUT2D eigenvalue weighted by Crippen LogP contribution is -2.50. The maximum Gasteiger partial charge on any atom is 0.261 e. The van der Waals surface area contributed by atoms with E-state index in [1.165, 1.54) is 4.90 Å². The molecule has 7 heteroatoms. The second kappa shape index (κ2) is 10.7. The molecule has 0 saturated carbocycles. The summed E-state index contributed by atoms with van der Waals surface area (Å²) in [5.41, 5.74) is 0.855. The zero-order chi connectivity index (χ0) is 21.4. The molecule has 0 radical (unpaired) electrons. The van der Waals surface area contributed by atoms with Crippen LogP contribution >= 0.6 is 11.6 Å². The van der Waals surface area contributed by atoms with Gasteiger partial charge in [0.05, 0.1) is 7.11 Å². The largest absolute Gasteiger partial charge is 0.497 e. The van der Waals surface area contributed by atoms with E-state index in [4.69, 9.17) is 21.1 Å². The van der Waals surface area contributed by atoms with Gasteiger partial charge in [0.2, 0.25) is 5.91 Å². The molecule has 0 heterocycles. The van der Waals surface area contributed by atoms with Crippen LogP contribution in [0.5, 0.6) is 11.5 Å². The van der Waals surface area contributed by atoms with Gasteiger partial charge in [-0.05, 0) is 62.7 Å². The molecule has 0 saturated heterocycles. The van der Waals surface area contributed by atoms with Gasteiger partial charge < -0.3 is 19.7 Å². The monoisotopic (exact) mass is 418 g/mol. The summed E-state index contributed by atoms with van der Waals surface area (Å²) in [5, 5.41) is 3.44. The van der Waals surface area contributed by atoms with Gasteiger partial charge in [-0.1, -0.05) is 23.7 Å². The first-order valence-electron chi connectivity index (χ1n) is 9.41. The molecule has 29 heavy (non-hydrogen) atoms. The highest BCUT2D eigenvalue weighted by Gasteiger charge is 2.27. The number of hydrogen-bond acceptors (Lipinski definition) is 4. The first-order chi connectivity index (χ1) is 13.8. The Morgan fingerprint density at radius 3 is 2.38 bits per heavy atom. The third-order valence-electron chi connectivity index (χ3n) is 4.26. The quantitative estimate of drug-likeness (QED) is 0.674. The minimum atomic E-state index is -0.662. The Morgan fingerprint density at radius 1 is 1.07 bits per heavy atom. The number of benzene rings is 2. The van der Waals surface area contributed by atoms with E-state index in [1.807, 2.05) is 38.1 Å². The van der Waals surface area contributed by atoms with E-state index in [0.29, 0.717) is 16.5 Å². The van der Waals surface area contributed by atoms with Gasteiger partial charge in [0, 0.05) is 17.6 Å². The Bertz CT molecular complexity index is 824. The molecule has 0 bridgehead atoms. The summed E-state index contributed by atoms with van der Waals surface area (Å²) in [7, 11) is 1.58. The second-order valence-corrected chi connectivity index (χ2v) is 7.39. The summed E-state index contributed by atoms with van der Waals surface area (Å²) in [4.78, 5) is 27.0. The number of hydrogen-bond donors (Lipinski definition) is 1. The van der Waals surface area contributed by atoms with Gasteiger partial charge in [-0.3, -0.25) is 9.59 Å². The van der Waals surface area contributed by atoms with Gasteiger partial charge in [-0.25, -0.2) is 0 Å². The number of halogens is 1. The van der Waals surface area contributed by atoms with Crippen molar-refractivity contribution in [1.29, 1.82) is 0 Å². The van der Waals surface area contributed by atoms with Crippen LogP contribution in [-0.2, 0) is 16.1 Å². The van der Waals surface area contributed by atoms with Crippen LogP contribution in [0.4, 0.5) is 0 Å². The van der Waals surface area contributed by atoms with Crippen LogP contribution in [0.25, 0.3) is 0 Å². The Kier molecular flexibility index (Phi) is 8.34. The highest BCUT2D eigenvalue weighted by Crippen LogP contribution is 2.18. The van der Waals surface area contributed by atoms with E-state index in [0.717, 1.165) is 5.56 Å². The number of nitrogens with one attached hydrogen (secondary N) is 1. The Hall–Kier alpha value is -2.73. The Morgan fingerprint density at radius 2 is 1.76 bits per heavy atom. The van der Waals surface area contributed by atoms with Crippen LogP contribution < -0.4 is 14.8 Å². The maximum atomic E-state index is 12.9. The standard InChI is InChI=1S/C22H27ClN2O4/c1-15(2)24-22(27)16(3)25(13-17-6-5-7-20(12-17)28-4)21(26)14-29-19-10-8-18(23)9-11-19/h5-12,15-16H,13-14H2,1-4H3,(H,24,27)/t16-/m1/s1. The summed E-state index contributed by atoms with van der Waals surface area (Å²) in [6, 6.07) is 13.5. The van der Waals surface area contributed by atoms with Gasteiger partial charge in [0.15, 0.2) is 6.61 Å². The third kappa shape index (κ3) is 6.98. The Balaban J connectivity index is 2.16. The molecule has 2 rings (SSSR count). The van der Waals surface area contributed by atoms with Crippen LogP contribution in [-0.4, -0.2) is 42.5 Å². The van der Waals surface area contributed by atoms with Gasteiger partial charge in [0.25, 0.3) is 5.91 Å². The van der Waals surface area contributed by atoms with E-state index < -0.39 is 6.04 Å². The van der Waals surface area contributed by atoms with Crippen LogP contribution in [0.15, 0.2) is 48.5 Å². The lowest BCUT2D eigenvalue weighted by atomic mass is 10.1. The average molecular weight is 419 g/mol. The number of carbonyl (C=O) groups is 2. The predicted octanol–water partition coefficient (Wildman–Crippen LogP) is 3.67. The minimum Gasteiger partial charge on any atom is -0.497 e. The molecule has 1 atom stereocenters. The van der Waals surface area contributed by atoms with Crippen LogP contribution in [0.1, 0.15) is 26.3 Å². The molecule has 2 amide bonds. The van der Waals surface area contributed by atoms with E-state index >= 15 is 0 Å². The number of ether oxygens (including phenoxy) is 2. The van der Waals surface area contributed by atoms with Crippen LogP contribution in [0.2, 0.25) is 5.02 Å². The molecule has 2 aromatic carbocycles. The summed E-state index contributed by atoms with van der Waals surface area (Å²) < 4.78 is 10.8. The lowest BCUT2D eigenvalue weighted by Gasteiger charge is -2.29. The van der Waals surface area contributed by atoms with Crippen molar-refractivity contribution in [2.45, 2.75) is 39.4 Å². The van der Waals surface area contributed by atoms with E-state index in [2.05, 4.69) is 5.32 Å². The molecule has 0 unspecified atom stereocenters. The number of nitrogens with zero attached hydrogens (tertiary/aromatic N) is 1. The normalized spacial score (nSPS) is 11.7. The van der Waals surface area contributed by atoms with Crippen molar-refractivity contribution in [2.24, 2.45) is 0 Å². The maximum absolute atomic E-state index is 12.9. The van der Waals surface area contributed by atoms with Crippen molar-refractivity contribution in [2.75, 3.05) is 13.7 Å². The topological polar surface area (TPSA) is 67.9 Å². The van der Waals surface area contributed by atoms with Crippen molar-refractivity contribution >= 4 is 23.4 Å². The second-order valence-electron chi connectivity index (χ2n) is 6.96. The molecule has 1 N–H and O–H groups in total. The van der Waals surface area contributed by atoms with Crippen molar-refractivity contribution in [3.05, 3.63) is 59.1 Å². The fourth-order valence-electron chi connectivity index (χ4n) is 2.71. The van der Waals surface area contributed by atoms with Crippen LogP contribution in [0, 0.1) is 0 Å². The molecular formula is C22H27ClN2O4. The zero-order valence-electron chi connectivity index (χ0n) is 17.1. The number of carbonyl (C=O) groups excluding carboxylic acids is 2. The zero-order valence-corrected chi connectivity index (χ0v) is 17.9. The minimum absolute atomic E-state index is 0.0240. The summed E-state index contributed by atoms with van der Waals surface area (Å²) in [5.74, 6) is 0.701. The summed E-state index contributed by atoms with van der Waals surface area (Å²) in [6.07, 6.45) is 0. The highest BCUT2D eigenvalue weighted by atomic mass is 35.5. The molecule has 0 aliphatic heterocycles. The average Bonchev–Trinajstić information content (AvgIpc) is 2.70. The SMILES string of the molecule is COc1cccc(CN(C(=O)COc2ccc(Cl)cc2)[C@H](C)C(=O)NC(C)C)c1. The van der Waals surface area contributed by atoms with Crippen molar-refractivity contribution in [1.82, 2.24) is 10.2 Å². The molecule has 0 aromatic heterocycles. The highest BCUT2D eigenvalue weighted by molar-refractivity contribution is 6.30. The van der Waals surface area contributed by atoms with E-state index in [9.17, 15) is 9.59 Å². The first-order valence-corrected chi connectivity index (χ1v) is 9.79. The number of amides is 2. The van der Waals surface area contributed by atoms with Crippen molar-refractivity contribution < 1.29 is 19.1 Å². The summed E-state index contributed by atoms with van der Waals surface area (Å²) in [6.45, 7) is 5.53.